The molecule has 0 unspecified atom stereocenters. The molecule has 0 bridgehead atoms. The normalized spacial score (nSPS) is 13.3. The fourth-order valence-electron chi connectivity index (χ4n) is 8.76. The van der Waals surface area contributed by atoms with Crippen molar-refractivity contribution in [1.29, 1.82) is 0 Å². The molecule has 0 fully saturated rings. The van der Waals surface area contributed by atoms with E-state index < -0.39 is 0 Å². The molecule has 2 heterocycles. The summed E-state index contributed by atoms with van der Waals surface area (Å²) in [4.78, 5) is 2.37. The quantitative estimate of drug-likeness (QED) is 0.187. The van der Waals surface area contributed by atoms with Gasteiger partial charge in [-0.05, 0) is 98.8 Å². The molecule has 3 heteroatoms. The van der Waals surface area contributed by atoms with Crippen molar-refractivity contribution in [3.8, 4) is 22.3 Å². The number of para-hydroxylation sites is 1. The van der Waals surface area contributed by atoms with Crippen molar-refractivity contribution in [3.63, 3.8) is 0 Å². The summed E-state index contributed by atoms with van der Waals surface area (Å²) in [6.45, 7) is 4.68. The minimum absolute atomic E-state index is 0.129. The number of hydrogen-bond acceptors (Lipinski definition) is 3. The first-order valence-electron chi connectivity index (χ1n) is 17.9. The summed E-state index contributed by atoms with van der Waals surface area (Å²) >= 11 is 0. The molecule has 0 saturated heterocycles. The molecule has 1 aliphatic rings. The number of fused-ring (bicyclic) bond motifs is 11. The van der Waals surface area contributed by atoms with Crippen LogP contribution in [0, 0.1) is 0 Å². The van der Waals surface area contributed by atoms with Crippen LogP contribution < -0.4 is 4.90 Å². The Labute approximate surface area is 301 Å². The third kappa shape index (κ3) is 4.14. The molecule has 1 aliphatic carbocycles. The van der Waals surface area contributed by atoms with Gasteiger partial charge in [-0.3, -0.25) is 0 Å². The van der Waals surface area contributed by atoms with E-state index in [1.807, 2.05) is 12.1 Å². The third-order valence-electron chi connectivity index (χ3n) is 11.2. The maximum atomic E-state index is 6.65. The van der Waals surface area contributed by atoms with Crippen LogP contribution >= 0.6 is 0 Å². The molecule has 8 aromatic carbocycles. The Morgan fingerprint density at radius 2 is 1.00 bits per heavy atom. The Morgan fingerprint density at radius 3 is 1.88 bits per heavy atom. The molecule has 0 spiro atoms. The predicted octanol–water partition coefficient (Wildman–Crippen LogP) is 14.1. The van der Waals surface area contributed by atoms with Crippen molar-refractivity contribution < 1.29 is 8.83 Å². The molecule has 52 heavy (non-hydrogen) atoms. The van der Waals surface area contributed by atoms with E-state index in [-0.39, 0.29) is 5.41 Å². The number of rotatable bonds is 4. The summed E-state index contributed by atoms with van der Waals surface area (Å²) in [5, 5.41) is 6.85. The summed E-state index contributed by atoms with van der Waals surface area (Å²) < 4.78 is 13.1. The minimum atomic E-state index is -0.129. The van der Waals surface area contributed by atoms with Crippen LogP contribution in [-0.2, 0) is 5.41 Å². The third-order valence-corrected chi connectivity index (χ3v) is 11.2. The molecular formula is C49H33NO2. The average molecular weight is 668 g/mol. The van der Waals surface area contributed by atoms with Gasteiger partial charge in [0.15, 0.2) is 0 Å². The number of anilines is 3. The maximum absolute atomic E-state index is 6.65. The highest BCUT2D eigenvalue weighted by Crippen LogP contribution is 2.51. The molecule has 0 aliphatic heterocycles. The zero-order chi connectivity index (χ0) is 34.6. The van der Waals surface area contributed by atoms with Gasteiger partial charge in [-0.2, -0.15) is 0 Å². The van der Waals surface area contributed by atoms with E-state index >= 15 is 0 Å². The molecule has 0 atom stereocenters. The lowest BCUT2D eigenvalue weighted by molar-refractivity contribution is 0.660. The maximum Gasteiger partial charge on any atom is 0.137 e. The Balaban J connectivity index is 1.15. The van der Waals surface area contributed by atoms with Crippen LogP contribution in [-0.4, -0.2) is 0 Å². The molecule has 3 nitrogen and oxygen atoms in total. The number of benzene rings is 8. The molecule has 0 radical (unpaired) electrons. The summed E-state index contributed by atoms with van der Waals surface area (Å²) in [6.07, 6.45) is 0. The van der Waals surface area contributed by atoms with E-state index in [0.29, 0.717) is 0 Å². The number of nitrogens with zero attached hydrogens (tertiary/aromatic N) is 1. The van der Waals surface area contributed by atoms with Crippen LogP contribution in [0.5, 0.6) is 0 Å². The van der Waals surface area contributed by atoms with Gasteiger partial charge in [0.1, 0.15) is 22.3 Å². The van der Waals surface area contributed by atoms with Gasteiger partial charge >= 0.3 is 0 Å². The fraction of sp³-hybridized carbons (Fsp3) is 0.0612. The molecular weight excluding hydrogens is 635 g/mol. The van der Waals surface area contributed by atoms with Crippen molar-refractivity contribution in [2.75, 3.05) is 4.90 Å². The van der Waals surface area contributed by atoms with Gasteiger partial charge in [0.2, 0.25) is 0 Å². The van der Waals surface area contributed by atoms with Crippen LogP contribution in [0.4, 0.5) is 17.1 Å². The topological polar surface area (TPSA) is 29.5 Å². The first-order chi connectivity index (χ1) is 25.5. The Morgan fingerprint density at radius 1 is 0.385 bits per heavy atom. The zero-order valence-corrected chi connectivity index (χ0v) is 28.9. The van der Waals surface area contributed by atoms with E-state index in [9.17, 15) is 0 Å². The van der Waals surface area contributed by atoms with Crippen LogP contribution in [0.15, 0.2) is 173 Å². The van der Waals surface area contributed by atoms with Crippen molar-refractivity contribution in [3.05, 3.63) is 175 Å². The SMILES string of the molecule is CC1(C)c2ccccc2-c2ccc(N(c3ccc4c(c3)oc3ccccc34)c3ccc4oc5cc(-c6ccccc6)c6ccccc6c5c4c3)cc21. The zero-order valence-electron chi connectivity index (χ0n) is 28.9. The number of furan rings is 2. The summed E-state index contributed by atoms with van der Waals surface area (Å²) in [7, 11) is 0. The van der Waals surface area contributed by atoms with E-state index in [0.717, 1.165) is 60.9 Å². The standard InChI is InChI=1S/C49H33NO2/c1-49(2)42-18-10-8-15-35(42)36-23-20-32(27-43(36)49)50(33-21-24-38-37-16-9-11-19-44(37)51-46(38)28-33)31-22-25-45-41(26-31)48-39-17-7-6-14-34(39)40(29-47(48)52-45)30-12-4-3-5-13-30/h3-29H,1-2H3. The van der Waals surface area contributed by atoms with Crippen molar-refractivity contribution in [1.82, 2.24) is 0 Å². The van der Waals surface area contributed by atoms with Gasteiger partial charge in [0, 0.05) is 50.1 Å². The van der Waals surface area contributed by atoms with Gasteiger partial charge in [-0.1, -0.05) is 117 Å². The molecule has 2 aromatic heterocycles. The lowest BCUT2D eigenvalue weighted by Gasteiger charge is -2.28. The molecule has 10 aromatic rings. The second-order valence-electron chi connectivity index (χ2n) is 14.5. The molecule has 0 amide bonds. The van der Waals surface area contributed by atoms with E-state index in [1.54, 1.807) is 0 Å². The van der Waals surface area contributed by atoms with Gasteiger partial charge in [0.05, 0.1) is 0 Å². The Hall–Kier alpha value is -6.58. The summed E-state index contributed by atoms with van der Waals surface area (Å²) in [5.41, 5.74) is 14.2. The van der Waals surface area contributed by atoms with E-state index in [1.165, 1.54) is 44.2 Å². The minimum Gasteiger partial charge on any atom is -0.456 e. The molecule has 246 valence electrons. The summed E-state index contributed by atoms with van der Waals surface area (Å²) in [5.74, 6) is 0. The second-order valence-corrected chi connectivity index (χ2v) is 14.5. The van der Waals surface area contributed by atoms with Gasteiger partial charge in [0.25, 0.3) is 0 Å². The highest BCUT2D eigenvalue weighted by atomic mass is 16.3. The van der Waals surface area contributed by atoms with E-state index in [2.05, 4.69) is 170 Å². The van der Waals surface area contributed by atoms with Crippen LogP contribution in [0.2, 0.25) is 0 Å². The average Bonchev–Trinajstić information content (AvgIpc) is 3.82. The summed E-state index contributed by atoms with van der Waals surface area (Å²) in [6, 6.07) is 58.7. The first kappa shape index (κ1) is 29.2. The van der Waals surface area contributed by atoms with Crippen molar-refractivity contribution in [2.45, 2.75) is 19.3 Å². The van der Waals surface area contributed by atoms with Gasteiger partial charge < -0.3 is 13.7 Å². The predicted molar refractivity (Wildman–Crippen MR) is 216 cm³/mol. The highest BCUT2D eigenvalue weighted by Gasteiger charge is 2.35. The largest absolute Gasteiger partial charge is 0.456 e. The first-order valence-corrected chi connectivity index (χ1v) is 17.9. The Bertz CT molecular complexity index is 3050. The number of hydrogen-bond donors (Lipinski definition) is 0. The fourth-order valence-corrected chi connectivity index (χ4v) is 8.76. The Kier molecular flexibility index (Phi) is 6.01. The van der Waals surface area contributed by atoms with Gasteiger partial charge in [-0.15, -0.1) is 0 Å². The van der Waals surface area contributed by atoms with E-state index in [4.69, 9.17) is 8.83 Å². The van der Waals surface area contributed by atoms with Crippen molar-refractivity contribution in [2.24, 2.45) is 0 Å². The highest BCUT2D eigenvalue weighted by molar-refractivity contribution is 6.22. The van der Waals surface area contributed by atoms with Gasteiger partial charge in [-0.25, -0.2) is 0 Å². The van der Waals surface area contributed by atoms with Crippen LogP contribution in [0.3, 0.4) is 0 Å². The monoisotopic (exact) mass is 667 g/mol. The molecule has 0 N–H and O–H groups in total. The van der Waals surface area contributed by atoms with Crippen LogP contribution in [0.1, 0.15) is 25.0 Å². The lowest BCUT2D eigenvalue weighted by Crippen LogP contribution is -2.16. The van der Waals surface area contributed by atoms with Crippen molar-refractivity contribution >= 4 is 71.7 Å². The smallest absolute Gasteiger partial charge is 0.137 e. The lowest BCUT2D eigenvalue weighted by atomic mass is 9.82. The molecule has 0 saturated carbocycles. The second kappa shape index (κ2) is 10.7. The molecule has 11 rings (SSSR count). The van der Waals surface area contributed by atoms with Crippen LogP contribution in [0.25, 0.3) is 76.9 Å².